The molecule has 0 unspecified atom stereocenters. The number of nitrogens with one attached hydrogen (secondary N) is 1. The fraction of sp³-hybridized carbons (Fsp3) is 0.292. The zero-order valence-electron chi connectivity index (χ0n) is 17.9. The van der Waals surface area contributed by atoms with Crippen molar-refractivity contribution in [3.63, 3.8) is 0 Å². The SMILES string of the molecule is Cc1cc(-n2c(C)cc(C(=O)COC(=O)CCCc3c[nH]c4ccccc34)c2C)no1. The summed E-state index contributed by atoms with van der Waals surface area (Å²) in [5, 5.41) is 5.19. The number of ketones is 1. The molecular weight excluding hydrogens is 394 g/mol. The number of para-hydroxylation sites is 1. The van der Waals surface area contributed by atoms with Crippen LogP contribution in [0, 0.1) is 20.8 Å². The average Bonchev–Trinajstić information content (AvgIpc) is 3.44. The van der Waals surface area contributed by atoms with Crippen molar-refractivity contribution in [1.82, 2.24) is 14.7 Å². The summed E-state index contributed by atoms with van der Waals surface area (Å²) >= 11 is 0. The lowest BCUT2D eigenvalue weighted by atomic mass is 10.1. The fourth-order valence-corrected chi connectivity index (χ4v) is 3.91. The first-order chi connectivity index (χ1) is 14.9. The van der Waals surface area contributed by atoms with E-state index in [1.807, 2.05) is 55.8 Å². The number of aromatic nitrogens is 3. The molecule has 7 heteroatoms. The van der Waals surface area contributed by atoms with Gasteiger partial charge in [-0.3, -0.25) is 14.2 Å². The van der Waals surface area contributed by atoms with Crippen molar-refractivity contribution in [3.05, 3.63) is 70.9 Å². The summed E-state index contributed by atoms with van der Waals surface area (Å²) in [6, 6.07) is 11.7. The van der Waals surface area contributed by atoms with Crippen molar-refractivity contribution in [2.75, 3.05) is 6.61 Å². The zero-order valence-corrected chi connectivity index (χ0v) is 17.9. The van der Waals surface area contributed by atoms with Gasteiger partial charge in [-0.15, -0.1) is 0 Å². The molecule has 3 heterocycles. The van der Waals surface area contributed by atoms with E-state index >= 15 is 0 Å². The predicted molar refractivity (Wildman–Crippen MR) is 117 cm³/mol. The summed E-state index contributed by atoms with van der Waals surface area (Å²) in [5.41, 5.74) is 4.38. The highest BCUT2D eigenvalue weighted by molar-refractivity contribution is 5.99. The molecule has 0 amide bonds. The van der Waals surface area contributed by atoms with Crippen LogP contribution in [0.4, 0.5) is 0 Å². The highest BCUT2D eigenvalue weighted by Gasteiger charge is 2.19. The smallest absolute Gasteiger partial charge is 0.306 e. The Bertz CT molecular complexity index is 1240. The van der Waals surface area contributed by atoms with Crippen LogP contribution >= 0.6 is 0 Å². The average molecular weight is 419 g/mol. The van der Waals surface area contributed by atoms with Gasteiger partial charge >= 0.3 is 5.97 Å². The third kappa shape index (κ3) is 4.30. The molecule has 160 valence electrons. The van der Waals surface area contributed by atoms with Crippen molar-refractivity contribution in [2.45, 2.75) is 40.0 Å². The number of Topliss-reactive ketones (excluding diaryl/α,β-unsaturated/α-hetero) is 1. The molecular formula is C24H25N3O4. The largest absolute Gasteiger partial charge is 0.457 e. The Balaban J connectivity index is 1.31. The third-order valence-corrected chi connectivity index (χ3v) is 5.44. The second kappa shape index (κ2) is 8.63. The van der Waals surface area contributed by atoms with Crippen LogP contribution in [0.5, 0.6) is 0 Å². The number of fused-ring (bicyclic) bond motifs is 1. The highest BCUT2D eigenvalue weighted by Crippen LogP contribution is 2.22. The number of H-pyrrole nitrogens is 1. The molecule has 0 saturated heterocycles. The number of esters is 1. The standard InChI is InChI=1S/C24H25N3O4/c1-15-11-20(17(3)27(15)23-12-16(2)31-26-23)22(28)14-30-24(29)10-6-7-18-13-25-21-9-5-4-8-19(18)21/h4-5,8-9,11-13,25H,6-7,10,14H2,1-3H3. The Morgan fingerprint density at radius 2 is 1.97 bits per heavy atom. The Morgan fingerprint density at radius 1 is 1.16 bits per heavy atom. The topological polar surface area (TPSA) is 90.1 Å². The van der Waals surface area contributed by atoms with Gasteiger partial charge in [0.25, 0.3) is 0 Å². The van der Waals surface area contributed by atoms with Crippen LogP contribution in [0.1, 0.15) is 45.9 Å². The second-order valence-electron chi connectivity index (χ2n) is 7.71. The summed E-state index contributed by atoms with van der Waals surface area (Å²) in [5.74, 6) is 0.719. The summed E-state index contributed by atoms with van der Waals surface area (Å²) in [6.45, 7) is 5.28. The maximum atomic E-state index is 12.6. The van der Waals surface area contributed by atoms with Crippen molar-refractivity contribution in [3.8, 4) is 5.82 Å². The van der Waals surface area contributed by atoms with Gasteiger partial charge in [-0.2, -0.15) is 0 Å². The molecule has 1 aromatic carbocycles. The van der Waals surface area contributed by atoms with Crippen LogP contribution in [-0.2, 0) is 16.0 Å². The van der Waals surface area contributed by atoms with Gasteiger partial charge in [0.15, 0.2) is 12.4 Å². The number of carbonyl (C=O) groups excluding carboxylic acids is 2. The van der Waals surface area contributed by atoms with Gasteiger partial charge in [-0.05, 0) is 51.3 Å². The van der Waals surface area contributed by atoms with Gasteiger partial charge in [0.1, 0.15) is 5.76 Å². The summed E-state index contributed by atoms with van der Waals surface area (Å²) in [4.78, 5) is 28.0. The van der Waals surface area contributed by atoms with E-state index in [0.29, 0.717) is 23.6 Å². The van der Waals surface area contributed by atoms with Crippen molar-refractivity contribution in [1.29, 1.82) is 0 Å². The first kappa shape index (κ1) is 20.7. The van der Waals surface area contributed by atoms with E-state index in [4.69, 9.17) is 9.26 Å². The Hall–Kier alpha value is -3.61. The molecule has 0 aliphatic rings. The molecule has 0 fully saturated rings. The molecule has 0 radical (unpaired) electrons. The van der Waals surface area contributed by atoms with E-state index in [9.17, 15) is 9.59 Å². The van der Waals surface area contributed by atoms with Gasteiger partial charge in [-0.25, -0.2) is 0 Å². The number of aromatic amines is 1. The minimum atomic E-state index is -0.367. The molecule has 3 aromatic heterocycles. The van der Waals surface area contributed by atoms with Crippen molar-refractivity contribution in [2.24, 2.45) is 0 Å². The van der Waals surface area contributed by atoms with Crippen LogP contribution in [0.3, 0.4) is 0 Å². The van der Waals surface area contributed by atoms with E-state index in [1.165, 1.54) is 10.9 Å². The number of nitrogens with zero attached hydrogens (tertiary/aromatic N) is 2. The van der Waals surface area contributed by atoms with E-state index in [-0.39, 0.29) is 24.8 Å². The lowest BCUT2D eigenvalue weighted by molar-refractivity contribution is -0.142. The minimum absolute atomic E-state index is 0.232. The van der Waals surface area contributed by atoms with E-state index in [0.717, 1.165) is 23.3 Å². The molecule has 0 saturated carbocycles. The van der Waals surface area contributed by atoms with Gasteiger partial charge < -0.3 is 14.2 Å². The first-order valence-corrected chi connectivity index (χ1v) is 10.3. The zero-order chi connectivity index (χ0) is 22.0. The van der Waals surface area contributed by atoms with Crippen LogP contribution in [0.2, 0.25) is 0 Å². The number of rotatable bonds is 8. The second-order valence-corrected chi connectivity index (χ2v) is 7.71. The third-order valence-electron chi connectivity index (χ3n) is 5.44. The number of hydrogen-bond donors (Lipinski definition) is 1. The van der Waals surface area contributed by atoms with Crippen molar-refractivity contribution < 1.29 is 18.8 Å². The molecule has 0 spiro atoms. The van der Waals surface area contributed by atoms with Gasteiger partial charge in [0.05, 0.1) is 0 Å². The molecule has 0 aliphatic carbocycles. The molecule has 4 aromatic rings. The lowest BCUT2D eigenvalue weighted by Gasteiger charge is -2.06. The number of ether oxygens (including phenoxy) is 1. The Labute approximate surface area is 180 Å². The highest BCUT2D eigenvalue weighted by atomic mass is 16.5. The minimum Gasteiger partial charge on any atom is -0.457 e. The maximum absolute atomic E-state index is 12.6. The summed E-state index contributed by atoms with van der Waals surface area (Å²) < 4.78 is 12.2. The Kier molecular flexibility index (Phi) is 5.75. The van der Waals surface area contributed by atoms with Crippen LogP contribution in [-0.4, -0.2) is 33.1 Å². The first-order valence-electron chi connectivity index (χ1n) is 10.3. The van der Waals surface area contributed by atoms with Crippen LogP contribution < -0.4 is 0 Å². The van der Waals surface area contributed by atoms with Gasteiger partial charge in [-0.1, -0.05) is 23.4 Å². The summed E-state index contributed by atoms with van der Waals surface area (Å²) in [6.07, 6.45) is 3.68. The molecule has 4 rings (SSSR count). The quantitative estimate of drug-likeness (QED) is 0.332. The Morgan fingerprint density at radius 3 is 2.74 bits per heavy atom. The normalized spacial score (nSPS) is 11.2. The molecule has 0 bridgehead atoms. The number of benzene rings is 1. The number of carbonyl (C=O) groups is 2. The molecule has 0 atom stereocenters. The van der Waals surface area contributed by atoms with Crippen LogP contribution in [0.15, 0.2) is 47.1 Å². The van der Waals surface area contributed by atoms with Crippen molar-refractivity contribution >= 4 is 22.7 Å². The molecule has 0 aliphatic heterocycles. The van der Waals surface area contributed by atoms with Gasteiger partial charge in [0.2, 0.25) is 5.78 Å². The molecule has 1 N–H and O–H groups in total. The molecule has 31 heavy (non-hydrogen) atoms. The molecule has 7 nitrogen and oxygen atoms in total. The predicted octanol–water partition coefficient (Wildman–Crippen LogP) is 4.62. The van der Waals surface area contributed by atoms with E-state index in [1.54, 1.807) is 6.07 Å². The van der Waals surface area contributed by atoms with Gasteiger partial charge in [0, 0.05) is 46.5 Å². The lowest BCUT2D eigenvalue weighted by Crippen LogP contribution is -2.15. The van der Waals surface area contributed by atoms with Crippen LogP contribution in [0.25, 0.3) is 16.7 Å². The number of aryl methyl sites for hydroxylation is 3. The fourth-order valence-electron chi connectivity index (χ4n) is 3.91. The maximum Gasteiger partial charge on any atom is 0.306 e. The summed E-state index contributed by atoms with van der Waals surface area (Å²) in [7, 11) is 0. The van der Waals surface area contributed by atoms with E-state index < -0.39 is 0 Å². The number of hydrogen-bond acceptors (Lipinski definition) is 5. The monoisotopic (exact) mass is 419 g/mol. The van der Waals surface area contributed by atoms with E-state index in [2.05, 4.69) is 16.2 Å².